The molecule has 3 rings (SSSR count). The zero-order valence-corrected chi connectivity index (χ0v) is 21.2. The molecule has 0 bridgehead atoms. The number of unbranched alkanes of at least 4 members (excludes halogenated alkanes) is 2. The Morgan fingerprint density at radius 1 is 1.06 bits per heavy atom. The van der Waals surface area contributed by atoms with Crippen LogP contribution >= 0.6 is 11.3 Å². The standard InChI is InChI=1S/C28H31F3O3S/c1-5-7-8-9-19-10-13-22(23(14-19)28(29,30)31)25-15-20-11-12-21(16-24(20)35-25)33-17-27(3,4)18-34-26(32)6-2/h6,10-16H,2,5,7-9,17-18H2,1,3-4H3. The minimum atomic E-state index is -4.43. The van der Waals surface area contributed by atoms with Crippen molar-refractivity contribution in [1.82, 2.24) is 0 Å². The molecule has 0 N–H and O–H groups in total. The van der Waals surface area contributed by atoms with Gasteiger partial charge in [-0.05, 0) is 54.1 Å². The summed E-state index contributed by atoms with van der Waals surface area (Å²) in [6.07, 6.45) is 0.239. The smallest absolute Gasteiger partial charge is 0.417 e. The molecule has 0 amide bonds. The molecule has 0 fully saturated rings. The Morgan fingerprint density at radius 3 is 2.51 bits per heavy atom. The number of fused-ring (bicyclic) bond motifs is 1. The van der Waals surface area contributed by atoms with Crippen molar-refractivity contribution in [2.24, 2.45) is 5.41 Å². The van der Waals surface area contributed by atoms with Crippen LogP contribution in [0.4, 0.5) is 13.2 Å². The van der Waals surface area contributed by atoms with E-state index in [4.69, 9.17) is 9.47 Å². The minimum absolute atomic E-state index is 0.178. The molecule has 188 valence electrons. The molecule has 3 aromatic rings. The van der Waals surface area contributed by atoms with Crippen LogP contribution in [0.1, 0.15) is 51.2 Å². The molecule has 2 aromatic carbocycles. The van der Waals surface area contributed by atoms with Gasteiger partial charge in [0.2, 0.25) is 0 Å². The fraction of sp³-hybridized carbons (Fsp3) is 0.393. The van der Waals surface area contributed by atoms with E-state index in [9.17, 15) is 18.0 Å². The number of carbonyl (C=O) groups excluding carboxylic acids is 1. The predicted octanol–water partition coefficient (Wildman–Crippen LogP) is 8.45. The Hall–Kier alpha value is -2.80. The Labute approximate surface area is 208 Å². The van der Waals surface area contributed by atoms with Gasteiger partial charge in [-0.1, -0.05) is 52.3 Å². The summed E-state index contributed by atoms with van der Waals surface area (Å²) in [5, 5.41) is 0.858. The van der Waals surface area contributed by atoms with Crippen LogP contribution in [0.15, 0.2) is 55.1 Å². The molecule has 0 radical (unpaired) electrons. The van der Waals surface area contributed by atoms with Gasteiger partial charge >= 0.3 is 12.1 Å². The summed E-state index contributed by atoms with van der Waals surface area (Å²) < 4.78 is 53.6. The highest BCUT2D eigenvalue weighted by Gasteiger charge is 2.34. The van der Waals surface area contributed by atoms with Gasteiger partial charge in [0.1, 0.15) is 5.75 Å². The fourth-order valence-corrected chi connectivity index (χ4v) is 4.79. The Bertz CT molecular complexity index is 1180. The average molecular weight is 505 g/mol. The SMILES string of the molecule is C=CC(=O)OCC(C)(C)COc1ccc2cc(-c3ccc(CCCCC)cc3C(F)(F)F)sc2c1. The molecule has 0 aliphatic heterocycles. The molecule has 0 atom stereocenters. The highest BCUT2D eigenvalue weighted by Crippen LogP contribution is 2.42. The number of benzene rings is 2. The molecule has 0 aliphatic rings. The molecule has 3 nitrogen and oxygen atoms in total. The van der Waals surface area contributed by atoms with Gasteiger partial charge in [-0.2, -0.15) is 13.2 Å². The van der Waals surface area contributed by atoms with Crippen LogP contribution in [-0.2, 0) is 22.1 Å². The molecule has 1 aromatic heterocycles. The number of thiophene rings is 1. The lowest BCUT2D eigenvalue weighted by molar-refractivity contribution is -0.141. The number of hydrogen-bond acceptors (Lipinski definition) is 4. The van der Waals surface area contributed by atoms with E-state index in [1.165, 1.54) is 17.4 Å². The second-order valence-corrected chi connectivity index (χ2v) is 10.5. The monoisotopic (exact) mass is 504 g/mol. The van der Waals surface area contributed by atoms with Crippen LogP contribution in [0.25, 0.3) is 20.5 Å². The second-order valence-electron chi connectivity index (χ2n) is 9.41. The molecule has 1 heterocycles. The van der Waals surface area contributed by atoms with Crippen LogP contribution in [-0.4, -0.2) is 19.2 Å². The van der Waals surface area contributed by atoms with E-state index in [-0.39, 0.29) is 12.2 Å². The highest BCUT2D eigenvalue weighted by molar-refractivity contribution is 7.22. The summed E-state index contributed by atoms with van der Waals surface area (Å²) >= 11 is 1.31. The predicted molar refractivity (Wildman–Crippen MR) is 136 cm³/mol. The first-order valence-electron chi connectivity index (χ1n) is 11.7. The van der Waals surface area contributed by atoms with Crippen LogP contribution in [0.2, 0.25) is 0 Å². The molecule has 0 spiro atoms. The van der Waals surface area contributed by atoms with Gasteiger partial charge in [0.05, 0.1) is 18.8 Å². The molecular weight excluding hydrogens is 473 g/mol. The summed E-state index contributed by atoms with van der Waals surface area (Å²) in [5.41, 5.74) is -0.0991. The Kier molecular flexibility index (Phi) is 8.65. The van der Waals surface area contributed by atoms with Crippen molar-refractivity contribution in [1.29, 1.82) is 0 Å². The lowest BCUT2D eigenvalue weighted by atomic mass is 9.96. The van der Waals surface area contributed by atoms with E-state index >= 15 is 0 Å². The number of halogens is 3. The summed E-state index contributed by atoms with van der Waals surface area (Å²) in [6.45, 7) is 9.76. The zero-order chi connectivity index (χ0) is 25.6. The molecule has 0 saturated heterocycles. The third kappa shape index (κ3) is 7.34. The number of rotatable bonds is 11. The molecule has 35 heavy (non-hydrogen) atoms. The fourth-order valence-electron chi connectivity index (χ4n) is 3.66. The number of hydrogen-bond donors (Lipinski definition) is 0. The number of ether oxygens (including phenoxy) is 2. The molecule has 7 heteroatoms. The molecule has 0 unspecified atom stereocenters. The first kappa shape index (κ1) is 26.8. The van der Waals surface area contributed by atoms with Gasteiger partial charge in [0.25, 0.3) is 0 Å². The van der Waals surface area contributed by atoms with E-state index in [1.54, 1.807) is 24.3 Å². The van der Waals surface area contributed by atoms with Gasteiger partial charge in [-0.15, -0.1) is 11.3 Å². The van der Waals surface area contributed by atoms with Gasteiger partial charge < -0.3 is 9.47 Å². The van der Waals surface area contributed by atoms with E-state index in [1.807, 2.05) is 26.0 Å². The molecule has 0 saturated carbocycles. The van der Waals surface area contributed by atoms with Crippen molar-refractivity contribution >= 4 is 27.4 Å². The van der Waals surface area contributed by atoms with Gasteiger partial charge in [0.15, 0.2) is 0 Å². The number of aryl methyl sites for hydroxylation is 1. The maximum Gasteiger partial charge on any atom is 0.417 e. The lowest BCUT2D eigenvalue weighted by Gasteiger charge is -2.24. The summed E-state index contributed by atoms with van der Waals surface area (Å²) in [6, 6.07) is 12.0. The topological polar surface area (TPSA) is 35.5 Å². The van der Waals surface area contributed by atoms with Gasteiger partial charge in [-0.25, -0.2) is 4.79 Å². The maximum absolute atomic E-state index is 13.9. The first-order chi connectivity index (χ1) is 16.5. The van der Waals surface area contributed by atoms with Crippen LogP contribution in [0.3, 0.4) is 0 Å². The zero-order valence-electron chi connectivity index (χ0n) is 20.3. The third-order valence-electron chi connectivity index (χ3n) is 5.62. The highest BCUT2D eigenvalue weighted by atomic mass is 32.1. The summed E-state index contributed by atoms with van der Waals surface area (Å²) in [5.74, 6) is 0.120. The van der Waals surface area contributed by atoms with Gasteiger partial charge in [0, 0.05) is 26.6 Å². The van der Waals surface area contributed by atoms with Gasteiger partial charge in [-0.3, -0.25) is 0 Å². The molecular formula is C28H31F3O3S. The maximum atomic E-state index is 13.9. The average Bonchev–Trinajstić information content (AvgIpc) is 3.24. The second kappa shape index (κ2) is 11.3. The third-order valence-corrected chi connectivity index (χ3v) is 6.75. The van der Waals surface area contributed by atoms with E-state index < -0.39 is 23.1 Å². The van der Waals surface area contributed by atoms with E-state index in [2.05, 4.69) is 13.5 Å². The normalized spacial score (nSPS) is 12.1. The van der Waals surface area contributed by atoms with Crippen molar-refractivity contribution in [2.45, 2.75) is 52.6 Å². The number of esters is 1. The first-order valence-corrected chi connectivity index (χ1v) is 12.5. The minimum Gasteiger partial charge on any atom is -0.493 e. The summed E-state index contributed by atoms with van der Waals surface area (Å²) in [7, 11) is 0. The Balaban J connectivity index is 1.81. The van der Waals surface area contributed by atoms with E-state index in [0.717, 1.165) is 35.4 Å². The summed E-state index contributed by atoms with van der Waals surface area (Å²) in [4.78, 5) is 11.9. The van der Waals surface area contributed by atoms with E-state index in [0.29, 0.717) is 29.2 Å². The largest absolute Gasteiger partial charge is 0.493 e. The Morgan fingerprint density at radius 2 is 1.83 bits per heavy atom. The number of carbonyl (C=O) groups is 1. The van der Waals surface area contributed by atoms with Crippen LogP contribution < -0.4 is 4.74 Å². The van der Waals surface area contributed by atoms with Crippen molar-refractivity contribution in [2.75, 3.05) is 13.2 Å². The number of alkyl halides is 3. The molecule has 0 aliphatic carbocycles. The van der Waals surface area contributed by atoms with Crippen molar-refractivity contribution in [3.8, 4) is 16.2 Å². The van der Waals surface area contributed by atoms with Crippen molar-refractivity contribution in [3.63, 3.8) is 0 Å². The lowest BCUT2D eigenvalue weighted by Crippen LogP contribution is -2.28. The van der Waals surface area contributed by atoms with Crippen molar-refractivity contribution < 1.29 is 27.4 Å². The van der Waals surface area contributed by atoms with Crippen LogP contribution in [0.5, 0.6) is 5.75 Å². The van der Waals surface area contributed by atoms with Crippen LogP contribution in [0, 0.1) is 5.41 Å². The van der Waals surface area contributed by atoms with Crippen molar-refractivity contribution in [3.05, 3.63) is 66.2 Å². The quantitative estimate of drug-likeness (QED) is 0.149.